The summed E-state index contributed by atoms with van der Waals surface area (Å²) in [6.07, 6.45) is -0.455. The zero-order chi connectivity index (χ0) is 57.8. The first kappa shape index (κ1) is 64.9. The number of carbonyl (C=O) groups is 11. The molecule has 14 N–H and O–H groups in total. The molecule has 10 amide bonds. The van der Waals surface area contributed by atoms with Crippen LogP contribution in [0.3, 0.4) is 0 Å². The predicted octanol–water partition coefficient (Wildman–Crippen LogP) is -2.67. The monoisotopic (exact) mass is 1100 g/mol. The number of aliphatic hydroxyl groups is 2. The smallest absolute Gasteiger partial charge is 0.326 e. The Bertz CT molecular complexity index is 2240. The number of hydrogen-bond donors (Lipinski definition) is 13. The SMILES string of the molecule is CC[C@H](C)[C@H](NC(=O)[C@@H]1CCCN1C(=O)[C@H](CO)NC(=O)[C@@H](NC(=O)[C@@H]1CCCN1C(=O)[C@H](Cc1ccccc1)NC(=O)[C@H](CC(N)=O)NC(=O)[C@H](CC(C)C)NC(=O)[C@@H](NC(=O)[C@@H](N)CS)[C@@H](C)O)[C@@H](C)CC)C(=O)O. The number of rotatable bonds is 30. The van der Waals surface area contributed by atoms with Crippen molar-refractivity contribution < 1.29 is 68.1 Å². The molecule has 2 aliphatic rings. The third kappa shape index (κ3) is 18.9. The highest BCUT2D eigenvalue weighted by Gasteiger charge is 2.43. The summed E-state index contributed by atoms with van der Waals surface area (Å²) < 4.78 is 0. The van der Waals surface area contributed by atoms with E-state index in [0.29, 0.717) is 31.2 Å². The lowest BCUT2D eigenvalue weighted by Gasteiger charge is -2.33. The Morgan fingerprint density at radius 3 is 1.58 bits per heavy atom. The van der Waals surface area contributed by atoms with Gasteiger partial charge >= 0.3 is 5.97 Å². The summed E-state index contributed by atoms with van der Waals surface area (Å²) in [5.41, 5.74) is 11.9. The number of primary amides is 1. The fourth-order valence-corrected chi connectivity index (χ4v) is 9.22. The lowest BCUT2D eigenvalue weighted by molar-refractivity contribution is -0.146. The Hall–Kier alpha value is -6.38. The summed E-state index contributed by atoms with van der Waals surface area (Å²) in [5.74, 6) is -11.0. The summed E-state index contributed by atoms with van der Waals surface area (Å²) in [5, 5.41) is 48.3. The molecule has 3 rings (SSSR count). The van der Waals surface area contributed by atoms with Crippen molar-refractivity contribution >= 4 is 77.7 Å². The van der Waals surface area contributed by atoms with E-state index in [-0.39, 0.29) is 50.4 Å². The molecule has 430 valence electrons. The van der Waals surface area contributed by atoms with Gasteiger partial charge in [0, 0.05) is 25.3 Å². The Kier molecular flexibility index (Phi) is 26.2. The standard InChI is InChI=1S/C51H81N11O14S/c1-8-27(5)39(47(71)57-35(24-63)50(74)62-20-14-18-37(62)46(70)59-40(51(75)76)28(6)9-2)58-45(69)36-17-13-19-61(36)49(73)34(22-30-15-11-10-12-16-30)56-44(68)33(23-38(53)65)54-43(67)32(21-26(3)4)55-48(72)41(29(7)64)60-42(66)31(52)25-77/h10-12,15-16,26-29,31-37,39-41,63-64,77H,8-9,13-14,17-25,52H2,1-7H3,(H2,53,65)(H,54,67)(H,55,72)(H,56,68)(H,57,71)(H,58,69)(H,59,70)(H,60,66)(H,75,76)/t27-,28-,29+,31-,32-,33-,34-,35-,36-,37-,39-,40-,41-/m0/s1. The van der Waals surface area contributed by atoms with E-state index in [4.69, 9.17) is 11.5 Å². The van der Waals surface area contributed by atoms with Crippen LogP contribution in [0.2, 0.25) is 0 Å². The molecule has 77 heavy (non-hydrogen) atoms. The van der Waals surface area contributed by atoms with Crippen molar-refractivity contribution in [1.82, 2.24) is 47.0 Å². The van der Waals surface area contributed by atoms with Crippen molar-refractivity contribution in [1.29, 1.82) is 0 Å². The van der Waals surface area contributed by atoms with E-state index in [1.165, 1.54) is 16.7 Å². The topological polar surface area (TPSA) is 391 Å². The minimum atomic E-state index is -1.70. The molecule has 0 saturated carbocycles. The number of aliphatic carboxylic acids is 1. The summed E-state index contributed by atoms with van der Waals surface area (Å²) in [4.78, 5) is 151. The highest BCUT2D eigenvalue weighted by Crippen LogP contribution is 2.23. The van der Waals surface area contributed by atoms with E-state index in [1.54, 1.807) is 71.9 Å². The van der Waals surface area contributed by atoms with Gasteiger partial charge in [0.2, 0.25) is 59.1 Å². The molecule has 13 atom stereocenters. The fourth-order valence-electron chi connectivity index (χ4n) is 9.06. The molecule has 0 spiro atoms. The van der Waals surface area contributed by atoms with E-state index in [2.05, 4.69) is 49.8 Å². The molecule has 0 bridgehead atoms. The van der Waals surface area contributed by atoms with Crippen LogP contribution in [-0.2, 0) is 59.2 Å². The van der Waals surface area contributed by atoms with E-state index in [0.717, 1.165) is 0 Å². The summed E-state index contributed by atoms with van der Waals surface area (Å²) >= 11 is 3.99. The van der Waals surface area contributed by atoms with Crippen molar-refractivity contribution in [3.05, 3.63) is 35.9 Å². The van der Waals surface area contributed by atoms with E-state index >= 15 is 0 Å². The van der Waals surface area contributed by atoms with Gasteiger partial charge in [-0.15, -0.1) is 0 Å². The van der Waals surface area contributed by atoms with Crippen LogP contribution >= 0.6 is 12.6 Å². The molecule has 2 heterocycles. The van der Waals surface area contributed by atoms with Gasteiger partial charge in [-0.2, -0.15) is 12.6 Å². The zero-order valence-electron chi connectivity index (χ0n) is 45.0. The highest BCUT2D eigenvalue weighted by atomic mass is 32.1. The first-order valence-corrected chi connectivity index (χ1v) is 26.9. The number of carboxylic acids is 1. The third-order valence-corrected chi connectivity index (χ3v) is 14.3. The quantitative estimate of drug-likeness (QED) is 0.0350. The predicted molar refractivity (Wildman–Crippen MR) is 284 cm³/mol. The second kappa shape index (κ2) is 31.1. The van der Waals surface area contributed by atoms with Crippen LogP contribution in [-0.4, -0.2) is 182 Å². The van der Waals surface area contributed by atoms with Gasteiger partial charge in [-0.3, -0.25) is 47.9 Å². The lowest BCUT2D eigenvalue weighted by Crippen LogP contribution is -2.62. The number of carbonyl (C=O) groups excluding carboxylic acids is 10. The van der Waals surface area contributed by atoms with E-state index in [9.17, 15) is 68.1 Å². The van der Waals surface area contributed by atoms with Crippen LogP contribution < -0.4 is 48.7 Å². The second-order valence-electron chi connectivity index (χ2n) is 20.4. The van der Waals surface area contributed by atoms with Crippen molar-refractivity contribution in [2.24, 2.45) is 29.2 Å². The zero-order valence-corrected chi connectivity index (χ0v) is 45.9. The van der Waals surface area contributed by atoms with Crippen molar-refractivity contribution in [2.75, 3.05) is 25.4 Å². The first-order chi connectivity index (χ1) is 36.3. The molecular formula is C51H81N11O14S. The number of amides is 10. The van der Waals surface area contributed by atoms with Crippen LogP contribution in [0.5, 0.6) is 0 Å². The van der Waals surface area contributed by atoms with Crippen LogP contribution in [0.25, 0.3) is 0 Å². The summed E-state index contributed by atoms with van der Waals surface area (Å²) in [6.45, 7) is 10.9. The number of nitrogens with zero attached hydrogens (tertiary/aromatic N) is 2. The maximum absolute atomic E-state index is 14.7. The number of thiol groups is 1. The maximum Gasteiger partial charge on any atom is 0.326 e. The third-order valence-electron chi connectivity index (χ3n) is 13.9. The van der Waals surface area contributed by atoms with Gasteiger partial charge in [0.25, 0.3) is 0 Å². The number of aliphatic hydroxyl groups excluding tert-OH is 2. The Balaban J connectivity index is 1.87. The molecule has 2 aliphatic heterocycles. The average molecular weight is 1100 g/mol. The average Bonchev–Trinajstić information content (AvgIpc) is 4.10. The van der Waals surface area contributed by atoms with Crippen LogP contribution in [0.4, 0.5) is 0 Å². The molecule has 26 heteroatoms. The maximum atomic E-state index is 14.7. The number of nitrogens with one attached hydrogen (secondary N) is 7. The molecule has 25 nitrogen and oxygen atoms in total. The largest absolute Gasteiger partial charge is 0.480 e. The number of nitrogens with two attached hydrogens (primary N) is 2. The van der Waals surface area contributed by atoms with Gasteiger partial charge in [-0.1, -0.05) is 84.7 Å². The molecule has 0 unspecified atom stereocenters. The number of benzene rings is 1. The van der Waals surface area contributed by atoms with Gasteiger partial charge in [-0.25, -0.2) is 4.79 Å². The molecule has 0 aliphatic carbocycles. The van der Waals surface area contributed by atoms with Crippen LogP contribution in [0.1, 0.15) is 105 Å². The highest BCUT2D eigenvalue weighted by molar-refractivity contribution is 7.80. The molecular weight excluding hydrogens is 1020 g/mol. The number of carboxylic acid groups (broad SMARTS) is 1. The van der Waals surface area contributed by atoms with Crippen molar-refractivity contribution in [3.63, 3.8) is 0 Å². The minimum Gasteiger partial charge on any atom is -0.480 e. The van der Waals surface area contributed by atoms with Crippen LogP contribution in [0.15, 0.2) is 30.3 Å². The van der Waals surface area contributed by atoms with Gasteiger partial charge in [0.05, 0.1) is 25.2 Å². The number of hydrogen-bond acceptors (Lipinski definition) is 15. The Labute approximate surface area is 454 Å². The fraction of sp³-hybridized carbons (Fsp3) is 0.667. The van der Waals surface area contributed by atoms with Gasteiger partial charge in [-0.05, 0) is 62.3 Å². The molecule has 2 saturated heterocycles. The lowest BCUT2D eigenvalue weighted by atomic mass is 9.97. The molecule has 1 aromatic rings. The van der Waals surface area contributed by atoms with E-state index in [1.807, 2.05) is 0 Å². The molecule has 2 fully saturated rings. The van der Waals surface area contributed by atoms with Gasteiger partial charge in [0.15, 0.2) is 0 Å². The van der Waals surface area contributed by atoms with Gasteiger partial charge in [0.1, 0.15) is 54.4 Å². The Morgan fingerprint density at radius 1 is 0.636 bits per heavy atom. The number of likely N-dealkylation sites (tertiary alicyclic amines) is 2. The summed E-state index contributed by atoms with van der Waals surface area (Å²) in [7, 11) is 0. The van der Waals surface area contributed by atoms with Crippen molar-refractivity contribution in [2.45, 2.75) is 173 Å². The van der Waals surface area contributed by atoms with Crippen LogP contribution in [0, 0.1) is 17.8 Å². The van der Waals surface area contributed by atoms with E-state index < -0.39 is 156 Å². The second-order valence-corrected chi connectivity index (χ2v) is 20.8. The van der Waals surface area contributed by atoms with Crippen molar-refractivity contribution in [3.8, 4) is 0 Å². The minimum absolute atomic E-state index is 0.0118. The molecule has 0 aromatic heterocycles. The molecule has 1 aromatic carbocycles. The molecule has 0 radical (unpaired) electrons. The van der Waals surface area contributed by atoms with Gasteiger partial charge < -0.3 is 73.8 Å². The summed E-state index contributed by atoms with van der Waals surface area (Å²) in [6, 6.07) is -4.95. The first-order valence-electron chi connectivity index (χ1n) is 26.2. The Morgan fingerprint density at radius 2 is 1.10 bits per heavy atom. The normalized spacial score (nSPS) is 19.6.